The Bertz CT molecular complexity index is 2740. The average molecular weight is 614 g/mol. The number of nitrogens with zero attached hydrogens (tertiary/aromatic N) is 3. The molecule has 3 heteroatoms. The van der Waals surface area contributed by atoms with E-state index in [2.05, 4.69) is 164 Å². The zero-order chi connectivity index (χ0) is 32.0. The van der Waals surface area contributed by atoms with Gasteiger partial charge in [0.15, 0.2) is 5.82 Å². The normalized spacial score (nSPS) is 13.4. The molecule has 0 spiro atoms. The van der Waals surface area contributed by atoms with Gasteiger partial charge >= 0.3 is 0 Å². The van der Waals surface area contributed by atoms with E-state index >= 15 is 0 Å². The molecule has 2 aromatic heterocycles. The van der Waals surface area contributed by atoms with Gasteiger partial charge in [-0.05, 0) is 63.0 Å². The molecule has 1 aliphatic rings. The van der Waals surface area contributed by atoms with Gasteiger partial charge in [0.05, 0.1) is 22.4 Å². The van der Waals surface area contributed by atoms with Crippen molar-refractivity contribution in [3.05, 3.63) is 163 Å². The van der Waals surface area contributed by atoms with Gasteiger partial charge in [0.2, 0.25) is 0 Å². The summed E-state index contributed by atoms with van der Waals surface area (Å²) in [5.74, 6) is 0.755. The van der Waals surface area contributed by atoms with Gasteiger partial charge in [-0.2, -0.15) is 0 Å². The van der Waals surface area contributed by atoms with E-state index in [1.54, 1.807) is 0 Å². The monoisotopic (exact) mass is 613 g/mol. The molecule has 0 saturated heterocycles. The molecule has 0 radical (unpaired) electrons. The highest BCUT2D eigenvalue weighted by Crippen LogP contribution is 2.56. The smallest absolute Gasteiger partial charge is 0.160 e. The summed E-state index contributed by atoms with van der Waals surface area (Å²) < 4.78 is 2.37. The van der Waals surface area contributed by atoms with Crippen LogP contribution in [0.15, 0.2) is 152 Å². The average Bonchev–Trinajstić information content (AvgIpc) is 3.60. The number of fused-ring (bicyclic) bond motifs is 11. The maximum absolute atomic E-state index is 5.47. The van der Waals surface area contributed by atoms with Crippen molar-refractivity contribution in [2.45, 2.75) is 19.3 Å². The molecule has 2 heterocycles. The van der Waals surface area contributed by atoms with E-state index in [0.29, 0.717) is 0 Å². The zero-order valence-corrected chi connectivity index (χ0v) is 26.8. The van der Waals surface area contributed by atoms with E-state index < -0.39 is 0 Å². The number of benzene rings is 7. The fourth-order valence-electron chi connectivity index (χ4n) is 8.22. The van der Waals surface area contributed by atoms with Crippen molar-refractivity contribution in [2.24, 2.45) is 0 Å². The van der Waals surface area contributed by atoms with Gasteiger partial charge in [-0.15, -0.1) is 0 Å². The van der Waals surface area contributed by atoms with Crippen molar-refractivity contribution in [3.8, 4) is 39.5 Å². The van der Waals surface area contributed by atoms with Crippen molar-refractivity contribution >= 4 is 43.4 Å². The summed E-state index contributed by atoms with van der Waals surface area (Å²) >= 11 is 0. The van der Waals surface area contributed by atoms with Crippen LogP contribution < -0.4 is 0 Å². The summed E-state index contributed by atoms with van der Waals surface area (Å²) in [7, 11) is 0. The summed E-state index contributed by atoms with van der Waals surface area (Å²) in [5, 5.41) is 7.50. The molecular weight excluding hydrogens is 583 g/mol. The van der Waals surface area contributed by atoms with E-state index in [1.165, 1.54) is 54.5 Å². The third-order valence-electron chi connectivity index (χ3n) is 10.3. The molecule has 0 unspecified atom stereocenters. The highest BCUT2D eigenvalue weighted by molar-refractivity contribution is 6.19. The van der Waals surface area contributed by atoms with Crippen LogP contribution in [-0.2, 0) is 5.41 Å². The molecular formula is C45H31N3. The summed E-state index contributed by atoms with van der Waals surface area (Å²) in [6, 6.07) is 54.3. The van der Waals surface area contributed by atoms with Crippen LogP contribution in [0, 0.1) is 0 Å². The Kier molecular flexibility index (Phi) is 5.63. The molecule has 9 aromatic rings. The van der Waals surface area contributed by atoms with Crippen molar-refractivity contribution in [3.63, 3.8) is 0 Å². The van der Waals surface area contributed by atoms with Crippen molar-refractivity contribution in [2.75, 3.05) is 0 Å². The van der Waals surface area contributed by atoms with Crippen molar-refractivity contribution < 1.29 is 0 Å². The van der Waals surface area contributed by atoms with Gasteiger partial charge in [0.25, 0.3) is 0 Å². The molecule has 3 nitrogen and oxygen atoms in total. The SMILES string of the molecule is CC1(C)c2nc(-c3ccccc3)nc(-c3ccc4c(c3)c3ccccc3n4-c3ccccc3)c2-c2c1c1ccccc1c1ccccc21. The van der Waals surface area contributed by atoms with Crippen LogP contribution in [-0.4, -0.2) is 14.5 Å². The fraction of sp³-hybridized carbons (Fsp3) is 0.0667. The molecule has 48 heavy (non-hydrogen) atoms. The van der Waals surface area contributed by atoms with Crippen LogP contribution in [0.1, 0.15) is 25.1 Å². The molecule has 0 aliphatic heterocycles. The van der Waals surface area contributed by atoms with Gasteiger partial charge in [0, 0.05) is 38.6 Å². The Labute approximate surface area is 278 Å². The van der Waals surface area contributed by atoms with E-state index in [9.17, 15) is 0 Å². The second kappa shape index (κ2) is 9.97. The van der Waals surface area contributed by atoms with Gasteiger partial charge < -0.3 is 4.57 Å². The second-order valence-corrected chi connectivity index (χ2v) is 13.4. The van der Waals surface area contributed by atoms with Crippen LogP contribution in [0.5, 0.6) is 0 Å². The van der Waals surface area contributed by atoms with E-state index in [0.717, 1.165) is 39.6 Å². The molecule has 0 bridgehead atoms. The Morgan fingerprint density at radius 3 is 1.79 bits per heavy atom. The highest BCUT2D eigenvalue weighted by Gasteiger charge is 2.42. The summed E-state index contributed by atoms with van der Waals surface area (Å²) in [6.45, 7) is 4.67. The predicted octanol–water partition coefficient (Wildman–Crippen LogP) is 11.5. The maximum Gasteiger partial charge on any atom is 0.160 e. The Hall–Kier alpha value is -6.06. The summed E-state index contributed by atoms with van der Waals surface area (Å²) in [6.07, 6.45) is 0. The minimum Gasteiger partial charge on any atom is -0.309 e. The number of rotatable bonds is 3. The molecule has 7 aromatic carbocycles. The quantitative estimate of drug-likeness (QED) is 0.186. The second-order valence-electron chi connectivity index (χ2n) is 13.4. The maximum atomic E-state index is 5.47. The van der Waals surface area contributed by atoms with Crippen molar-refractivity contribution in [1.29, 1.82) is 0 Å². The van der Waals surface area contributed by atoms with Crippen molar-refractivity contribution in [1.82, 2.24) is 14.5 Å². The van der Waals surface area contributed by atoms with Crippen LogP contribution in [0.4, 0.5) is 0 Å². The molecule has 0 fully saturated rings. The zero-order valence-electron chi connectivity index (χ0n) is 26.8. The number of aromatic nitrogens is 3. The van der Waals surface area contributed by atoms with Gasteiger partial charge in [-0.1, -0.05) is 135 Å². The lowest BCUT2D eigenvalue weighted by Gasteiger charge is -2.23. The molecule has 0 saturated carbocycles. The first-order chi connectivity index (χ1) is 23.6. The largest absolute Gasteiger partial charge is 0.309 e. The molecule has 0 N–H and O–H groups in total. The minimum absolute atomic E-state index is 0.344. The third-order valence-corrected chi connectivity index (χ3v) is 10.3. The first-order valence-electron chi connectivity index (χ1n) is 16.6. The van der Waals surface area contributed by atoms with E-state index in [-0.39, 0.29) is 5.41 Å². The Morgan fingerprint density at radius 2 is 1.04 bits per heavy atom. The first kappa shape index (κ1) is 27.1. The number of hydrogen-bond acceptors (Lipinski definition) is 2. The minimum atomic E-state index is -0.344. The summed E-state index contributed by atoms with van der Waals surface area (Å²) in [4.78, 5) is 10.9. The topological polar surface area (TPSA) is 30.7 Å². The van der Waals surface area contributed by atoms with Crippen LogP contribution in [0.3, 0.4) is 0 Å². The van der Waals surface area contributed by atoms with E-state index in [1.807, 2.05) is 6.07 Å². The lowest BCUT2D eigenvalue weighted by Crippen LogP contribution is -2.18. The molecule has 0 amide bonds. The standard InChI is InChI=1S/C45H31N3/c1-45(2)41-35-23-12-10-20-32(35)31-19-9-11-22-34(31)39(41)40-42(46-44(47-43(40)45)28-15-5-3-6-16-28)29-25-26-38-36(27-29)33-21-13-14-24-37(33)48(38)30-17-7-4-8-18-30/h3-27H,1-2H3. The molecule has 226 valence electrons. The van der Waals surface area contributed by atoms with E-state index in [4.69, 9.17) is 9.97 Å². The lowest BCUT2D eigenvalue weighted by molar-refractivity contribution is 0.641. The molecule has 1 aliphatic carbocycles. The summed E-state index contributed by atoms with van der Waals surface area (Å²) in [5.41, 5.74) is 11.1. The number of para-hydroxylation sites is 2. The first-order valence-corrected chi connectivity index (χ1v) is 16.6. The lowest BCUT2D eigenvalue weighted by atomic mass is 9.81. The number of hydrogen-bond donors (Lipinski definition) is 0. The predicted molar refractivity (Wildman–Crippen MR) is 200 cm³/mol. The Balaban J connectivity index is 1.34. The van der Waals surface area contributed by atoms with Crippen LogP contribution in [0.25, 0.3) is 82.8 Å². The highest BCUT2D eigenvalue weighted by atomic mass is 15.0. The van der Waals surface area contributed by atoms with Crippen LogP contribution >= 0.6 is 0 Å². The fourth-order valence-corrected chi connectivity index (χ4v) is 8.22. The van der Waals surface area contributed by atoms with Gasteiger partial charge in [-0.3, -0.25) is 0 Å². The molecule has 0 atom stereocenters. The van der Waals surface area contributed by atoms with Crippen LogP contribution in [0.2, 0.25) is 0 Å². The molecule has 10 rings (SSSR count). The van der Waals surface area contributed by atoms with Gasteiger partial charge in [-0.25, -0.2) is 9.97 Å². The Morgan fingerprint density at radius 1 is 0.458 bits per heavy atom. The third kappa shape index (κ3) is 3.70. The van der Waals surface area contributed by atoms with Gasteiger partial charge in [0.1, 0.15) is 0 Å².